The molecular formula is C20H20O3S. The number of fused-ring (bicyclic) bond motifs is 1. The quantitative estimate of drug-likeness (QED) is 0.584. The molecule has 1 aromatic carbocycles. The van der Waals surface area contributed by atoms with E-state index in [9.17, 15) is 14.7 Å². The van der Waals surface area contributed by atoms with Gasteiger partial charge in [0.05, 0.1) is 0 Å². The van der Waals surface area contributed by atoms with Gasteiger partial charge in [0.1, 0.15) is 0 Å². The maximum atomic E-state index is 12.3. The van der Waals surface area contributed by atoms with Crippen molar-refractivity contribution in [2.45, 2.75) is 38.5 Å². The molecule has 0 bridgehead atoms. The van der Waals surface area contributed by atoms with Crippen molar-refractivity contribution in [2.75, 3.05) is 0 Å². The minimum atomic E-state index is -0.909. The second kappa shape index (κ2) is 7.58. The van der Waals surface area contributed by atoms with Gasteiger partial charge >= 0.3 is 5.97 Å². The molecule has 1 aromatic heterocycles. The Labute approximate surface area is 145 Å². The van der Waals surface area contributed by atoms with Crippen LogP contribution >= 0.6 is 11.3 Å². The summed E-state index contributed by atoms with van der Waals surface area (Å²) in [6, 6.07) is 9.78. The maximum absolute atomic E-state index is 12.3. The van der Waals surface area contributed by atoms with Gasteiger partial charge in [-0.25, -0.2) is 4.79 Å². The average Bonchev–Trinajstić information content (AvgIpc) is 3.24. The lowest BCUT2D eigenvalue weighted by Crippen LogP contribution is -2.04. The molecule has 1 heterocycles. The van der Waals surface area contributed by atoms with Gasteiger partial charge in [0.15, 0.2) is 5.78 Å². The Morgan fingerprint density at radius 1 is 1.12 bits per heavy atom. The van der Waals surface area contributed by atoms with E-state index >= 15 is 0 Å². The zero-order chi connectivity index (χ0) is 16.9. The highest BCUT2D eigenvalue weighted by molar-refractivity contribution is 7.10. The molecule has 0 unspecified atom stereocenters. The number of benzene rings is 1. The normalized spacial score (nSPS) is 13.8. The number of hydrogen-bond acceptors (Lipinski definition) is 3. The van der Waals surface area contributed by atoms with Gasteiger partial charge < -0.3 is 5.11 Å². The van der Waals surface area contributed by atoms with Gasteiger partial charge in [0.25, 0.3) is 0 Å². The van der Waals surface area contributed by atoms with E-state index in [4.69, 9.17) is 0 Å². The first-order valence-corrected chi connectivity index (χ1v) is 9.14. The highest BCUT2D eigenvalue weighted by Crippen LogP contribution is 2.24. The zero-order valence-corrected chi connectivity index (χ0v) is 14.3. The van der Waals surface area contributed by atoms with Crippen LogP contribution in [-0.4, -0.2) is 16.9 Å². The predicted molar refractivity (Wildman–Crippen MR) is 96.6 cm³/mol. The SMILES string of the molecule is O=C(O)/C(=C\c1cccs1)CCCC(=O)c1ccc2c(c1)CCC2. The van der Waals surface area contributed by atoms with Crippen LogP contribution in [0.4, 0.5) is 0 Å². The molecule has 0 fully saturated rings. The Hall–Kier alpha value is -2.20. The van der Waals surface area contributed by atoms with Crippen molar-refractivity contribution in [2.24, 2.45) is 0 Å². The molecule has 0 amide bonds. The van der Waals surface area contributed by atoms with Crippen LogP contribution in [-0.2, 0) is 17.6 Å². The zero-order valence-electron chi connectivity index (χ0n) is 13.5. The lowest BCUT2D eigenvalue weighted by molar-refractivity contribution is -0.132. The van der Waals surface area contributed by atoms with E-state index in [0.717, 1.165) is 23.3 Å². The van der Waals surface area contributed by atoms with Crippen LogP contribution < -0.4 is 0 Å². The Morgan fingerprint density at radius 3 is 2.71 bits per heavy atom. The summed E-state index contributed by atoms with van der Waals surface area (Å²) in [6.45, 7) is 0. The summed E-state index contributed by atoms with van der Waals surface area (Å²) in [5, 5.41) is 11.2. The first kappa shape index (κ1) is 16.7. The third kappa shape index (κ3) is 4.01. The molecule has 2 aromatic rings. The van der Waals surface area contributed by atoms with Gasteiger partial charge in [0.2, 0.25) is 0 Å². The van der Waals surface area contributed by atoms with Gasteiger partial charge in [0, 0.05) is 22.4 Å². The van der Waals surface area contributed by atoms with Gasteiger partial charge in [-0.2, -0.15) is 0 Å². The third-order valence-electron chi connectivity index (χ3n) is 4.40. The Balaban J connectivity index is 1.58. The molecule has 0 radical (unpaired) electrons. The molecule has 1 aliphatic rings. The standard InChI is InChI=1S/C20H20O3S/c21-19(16-10-9-14-4-1-5-15(14)12-16)8-2-6-17(20(22)23)13-18-7-3-11-24-18/h3,7,9-13H,1-2,4-6,8H2,(H,22,23)/b17-13-. The van der Waals surface area contributed by atoms with Crippen molar-refractivity contribution in [1.82, 2.24) is 0 Å². The fourth-order valence-corrected chi connectivity index (χ4v) is 3.80. The van der Waals surface area contributed by atoms with Gasteiger partial charge in [-0.3, -0.25) is 4.79 Å². The van der Waals surface area contributed by atoms with E-state index in [1.165, 1.54) is 28.9 Å². The highest BCUT2D eigenvalue weighted by Gasteiger charge is 2.15. The molecule has 4 heteroatoms. The van der Waals surface area contributed by atoms with E-state index < -0.39 is 5.97 Å². The number of rotatable bonds is 7. The van der Waals surface area contributed by atoms with E-state index in [2.05, 4.69) is 6.07 Å². The first-order chi connectivity index (χ1) is 11.6. The molecular weight excluding hydrogens is 320 g/mol. The topological polar surface area (TPSA) is 54.4 Å². The van der Waals surface area contributed by atoms with Crippen LogP contribution in [0.25, 0.3) is 6.08 Å². The van der Waals surface area contributed by atoms with Crippen molar-refractivity contribution in [3.63, 3.8) is 0 Å². The summed E-state index contributed by atoms with van der Waals surface area (Å²) in [5.74, 6) is -0.807. The number of thiophene rings is 1. The van der Waals surface area contributed by atoms with Crippen molar-refractivity contribution >= 4 is 29.2 Å². The summed E-state index contributed by atoms with van der Waals surface area (Å²) in [5.41, 5.74) is 3.78. The molecule has 0 saturated heterocycles. The Morgan fingerprint density at radius 2 is 1.96 bits per heavy atom. The number of hydrogen-bond donors (Lipinski definition) is 1. The van der Waals surface area contributed by atoms with Crippen molar-refractivity contribution in [3.05, 3.63) is 62.9 Å². The van der Waals surface area contributed by atoms with Crippen molar-refractivity contribution in [1.29, 1.82) is 0 Å². The molecule has 124 valence electrons. The second-order valence-electron chi connectivity index (χ2n) is 6.10. The fourth-order valence-electron chi connectivity index (χ4n) is 3.11. The molecule has 1 N–H and O–H groups in total. The maximum Gasteiger partial charge on any atom is 0.331 e. The largest absolute Gasteiger partial charge is 0.478 e. The average molecular weight is 340 g/mol. The number of carbonyl (C=O) groups excluding carboxylic acids is 1. The summed E-state index contributed by atoms with van der Waals surface area (Å²) in [4.78, 5) is 24.6. The molecule has 0 saturated carbocycles. The summed E-state index contributed by atoms with van der Waals surface area (Å²) >= 11 is 1.51. The number of carboxylic acids is 1. The number of carbonyl (C=O) groups is 2. The second-order valence-corrected chi connectivity index (χ2v) is 7.08. The summed E-state index contributed by atoms with van der Waals surface area (Å²) < 4.78 is 0. The molecule has 1 aliphatic carbocycles. The molecule has 0 spiro atoms. The Bertz CT molecular complexity index is 772. The van der Waals surface area contributed by atoms with E-state index in [0.29, 0.717) is 24.8 Å². The summed E-state index contributed by atoms with van der Waals surface area (Å²) in [6.07, 6.45) is 6.38. The molecule has 24 heavy (non-hydrogen) atoms. The molecule has 3 rings (SSSR count). The number of aryl methyl sites for hydroxylation is 2. The van der Waals surface area contributed by atoms with Crippen molar-refractivity contribution in [3.8, 4) is 0 Å². The van der Waals surface area contributed by atoms with Crippen LogP contribution in [0.2, 0.25) is 0 Å². The Kier molecular flexibility index (Phi) is 5.26. The number of ketones is 1. The first-order valence-electron chi connectivity index (χ1n) is 8.26. The van der Waals surface area contributed by atoms with Crippen LogP contribution in [0.15, 0.2) is 41.3 Å². The highest BCUT2D eigenvalue weighted by atomic mass is 32.1. The molecule has 3 nitrogen and oxygen atoms in total. The van der Waals surface area contributed by atoms with Crippen LogP contribution in [0.5, 0.6) is 0 Å². The minimum Gasteiger partial charge on any atom is -0.478 e. The van der Waals surface area contributed by atoms with Crippen molar-refractivity contribution < 1.29 is 14.7 Å². The predicted octanol–water partition coefficient (Wildman–Crippen LogP) is 4.76. The minimum absolute atomic E-state index is 0.102. The van der Waals surface area contributed by atoms with Crippen LogP contribution in [0, 0.1) is 0 Å². The molecule has 0 atom stereocenters. The van der Waals surface area contributed by atoms with Gasteiger partial charge in [-0.15, -0.1) is 11.3 Å². The van der Waals surface area contributed by atoms with E-state index in [1.54, 1.807) is 6.08 Å². The van der Waals surface area contributed by atoms with E-state index in [-0.39, 0.29) is 5.78 Å². The summed E-state index contributed by atoms with van der Waals surface area (Å²) in [7, 11) is 0. The van der Waals surface area contributed by atoms with Crippen LogP contribution in [0.1, 0.15) is 52.0 Å². The lowest BCUT2D eigenvalue weighted by Gasteiger charge is -2.05. The van der Waals surface area contributed by atoms with Gasteiger partial charge in [-0.05, 0) is 66.8 Å². The van der Waals surface area contributed by atoms with E-state index in [1.807, 2.05) is 29.6 Å². The monoisotopic (exact) mass is 340 g/mol. The number of Topliss-reactive ketones (excluding diaryl/α,β-unsaturated/α-hetero) is 1. The van der Waals surface area contributed by atoms with Gasteiger partial charge in [-0.1, -0.05) is 18.2 Å². The fraction of sp³-hybridized carbons (Fsp3) is 0.300. The number of carboxylic acid groups (broad SMARTS) is 1. The number of aliphatic carboxylic acids is 1. The van der Waals surface area contributed by atoms with Crippen LogP contribution in [0.3, 0.4) is 0 Å². The lowest BCUT2D eigenvalue weighted by atomic mass is 9.99. The molecule has 0 aliphatic heterocycles. The smallest absolute Gasteiger partial charge is 0.331 e. The third-order valence-corrected chi connectivity index (χ3v) is 5.22.